The zero-order valence-corrected chi connectivity index (χ0v) is 22.3. The van der Waals surface area contributed by atoms with E-state index in [9.17, 15) is 19.2 Å². The molecule has 1 aromatic rings. The molecule has 2 atom stereocenters. The maximum Gasteiger partial charge on any atom is 0.328 e. The van der Waals surface area contributed by atoms with Gasteiger partial charge in [-0.1, -0.05) is 27.7 Å². The molecule has 0 heterocycles. The van der Waals surface area contributed by atoms with E-state index >= 15 is 0 Å². The lowest BCUT2D eigenvalue weighted by atomic mass is 10.0. The Kier molecular flexibility index (Phi) is 11.4. The molecule has 0 aromatic heterocycles. The van der Waals surface area contributed by atoms with Gasteiger partial charge in [-0.15, -0.1) is 0 Å². The number of nitrogens with one attached hydrogen (secondary N) is 2. The molecule has 0 spiro atoms. The highest BCUT2D eigenvalue weighted by atomic mass is 79.9. The van der Waals surface area contributed by atoms with Crippen LogP contribution in [-0.2, 0) is 19.1 Å². The molecular weight excluding hydrogens is 548 g/mol. The summed E-state index contributed by atoms with van der Waals surface area (Å²) >= 11 is 6.65. The van der Waals surface area contributed by atoms with Gasteiger partial charge in [0, 0.05) is 8.95 Å². The standard InChI is InChI=1S/C22H30Br2N2O6/c1-11(2)7-17(21(29)31-5)25-19(27)13-9-16(24)14(10-15(13)23)20(28)26-18(8-12(3)4)22(30)32-6/h9-12,17-18H,7-8H2,1-6H3,(H,25,27)(H,26,28)/t17-,18-/m0/s1. The van der Waals surface area contributed by atoms with Crippen molar-refractivity contribution in [1.82, 2.24) is 10.6 Å². The molecule has 10 heteroatoms. The number of ether oxygens (including phenoxy) is 2. The Morgan fingerprint density at radius 3 is 1.31 bits per heavy atom. The monoisotopic (exact) mass is 576 g/mol. The first-order valence-corrected chi connectivity index (χ1v) is 11.8. The van der Waals surface area contributed by atoms with Gasteiger partial charge in [-0.05, 0) is 68.7 Å². The molecule has 178 valence electrons. The van der Waals surface area contributed by atoms with Gasteiger partial charge >= 0.3 is 11.9 Å². The van der Waals surface area contributed by atoms with E-state index in [1.807, 2.05) is 27.7 Å². The average molecular weight is 578 g/mol. The van der Waals surface area contributed by atoms with Crippen LogP contribution in [0.5, 0.6) is 0 Å². The van der Waals surface area contributed by atoms with Crippen LogP contribution in [0.3, 0.4) is 0 Å². The first-order valence-electron chi connectivity index (χ1n) is 10.2. The number of esters is 2. The molecule has 2 N–H and O–H groups in total. The van der Waals surface area contributed by atoms with E-state index in [-0.39, 0.29) is 23.0 Å². The van der Waals surface area contributed by atoms with Gasteiger partial charge in [0.25, 0.3) is 11.8 Å². The van der Waals surface area contributed by atoms with Crippen molar-refractivity contribution in [2.24, 2.45) is 11.8 Å². The van der Waals surface area contributed by atoms with Gasteiger partial charge < -0.3 is 20.1 Å². The Morgan fingerprint density at radius 1 is 0.750 bits per heavy atom. The van der Waals surface area contributed by atoms with Crippen LogP contribution in [0, 0.1) is 11.8 Å². The summed E-state index contributed by atoms with van der Waals surface area (Å²) < 4.78 is 10.3. The van der Waals surface area contributed by atoms with E-state index in [2.05, 4.69) is 42.5 Å². The van der Waals surface area contributed by atoms with Crippen molar-refractivity contribution in [1.29, 1.82) is 0 Å². The molecule has 0 aliphatic heterocycles. The van der Waals surface area contributed by atoms with Crippen molar-refractivity contribution in [2.75, 3.05) is 14.2 Å². The third kappa shape index (κ3) is 8.20. The highest BCUT2D eigenvalue weighted by molar-refractivity contribution is 9.11. The minimum atomic E-state index is -0.794. The molecule has 0 unspecified atom stereocenters. The fourth-order valence-corrected chi connectivity index (χ4v) is 4.07. The van der Waals surface area contributed by atoms with Crippen LogP contribution >= 0.6 is 31.9 Å². The molecule has 0 bridgehead atoms. The second kappa shape index (κ2) is 12.9. The first-order chi connectivity index (χ1) is 14.9. The normalized spacial score (nSPS) is 12.8. The Morgan fingerprint density at radius 2 is 1.06 bits per heavy atom. The molecule has 0 fully saturated rings. The number of benzene rings is 1. The van der Waals surface area contributed by atoms with Crippen LogP contribution in [0.1, 0.15) is 61.3 Å². The molecule has 0 aliphatic rings. The average Bonchev–Trinajstić information content (AvgIpc) is 2.71. The van der Waals surface area contributed by atoms with E-state index in [0.717, 1.165) is 0 Å². The summed E-state index contributed by atoms with van der Waals surface area (Å²) in [6, 6.07) is 1.37. The Bertz CT molecular complexity index is 787. The molecule has 2 amide bonds. The second-order valence-electron chi connectivity index (χ2n) is 8.17. The number of hydrogen-bond acceptors (Lipinski definition) is 6. The topological polar surface area (TPSA) is 111 Å². The smallest absolute Gasteiger partial charge is 0.328 e. The predicted octanol–water partition coefficient (Wildman–Crippen LogP) is 3.85. The number of amides is 2. The number of halogens is 2. The minimum Gasteiger partial charge on any atom is -0.467 e. The van der Waals surface area contributed by atoms with Gasteiger partial charge in [0.15, 0.2) is 0 Å². The summed E-state index contributed by atoms with van der Waals surface area (Å²) in [4.78, 5) is 49.7. The lowest BCUT2D eigenvalue weighted by molar-refractivity contribution is -0.144. The van der Waals surface area contributed by atoms with Crippen molar-refractivity contribution in [3.05, 3.63) is 32.2 Å². The lowest BCUT2D eigenvalue weighted by Crippen LogP contribution is -2.43. The zero-order chi connectivity index (χ0) is 24.6. The molecule has 8 nitrogen and oxygen atoms in total. The summed E-state index contributed by atoms with van der Waals surface area (Å²) in [6.45, 7) is 7.73. The lowest BCUT2D eigenvalue weighted by Gasteiger charge is -2.20. The van der Waals surface area contributed by atoms with Gasteiger partial charge in [0.1, 0.15) is 12.1 Å². The third-order valence-electron chi connectivity index (χ3n) is 4.54. The van der Waals surface area contributed by atoms with Crippen molar-refractivity contribution in [2.45, 2.75) is 52.6 Å². The number of rotatable bonds is 10. The zero-order valence-electron chi connectivity index (χ0n) is 19.1. The van der Waals surface area contributed by atoms with Crippen molar-refractivity contribution >= 4 is 55.6 Å². The SMILES string of the molecule is COC(=O)[C@H](CC(C)C)NC(=O)c1cc(Br)c(C(=O)N[C@@H](CC(C)C)C(=O)OC)cc1Br. The number of carbonyl (C=O) groups excluding carboxylic acids is 4. The van der Waals surface area contributed by atoms with E-state index in [1.165, 1.54) is 26.4 Å². The van der Waals surface area contributed by atoms with E-state index in [1.54, 1.807) is 0 Å². The number of carbonyl (C=O) groups is 4. The summed E-state index contributed by atoms with van der Waals surface area (Å²) in [6.07, 6.45) is 0.838. The van der Waals surface area contributed by atoms with Crippen molar-refractivity contribution in [3.8, 4) is 0 Å². The van der Waals surface area contributed by atoms with E-state index < -0.39 is 35.8 Å². The summed E-state index contributed by atoms with van der Waals surface area (Å²) in [5, 5.41) is 5.36. The molecule has 32 heavy (non-hydrogen) atoms. The first kappa shape index (κ1) is 28.1. The summed E-state index contributed by atoms with van der Waals surface area (Å²) in [7, 11) is 2.53. The van der Waals surface area contributed by atoms with Crippen LogP contribution < -0.4 is 10.6 Å². The Labute approximate surface area is 205 Å². The molecule has 0 radical (unpaired) electrons. The molecule has 0 aliphatic carbocycles. The maximum absolute atomic E-state index is 12.8. The van der Waals surface area contributed by atoms with Crippen LogP contribution in [0.2, 0.25) is 0 Å². The molecule has 0 saturated carbocycles. The van der Waals surface area contributed by atoms with Crippen LogP contribution in [0.25, 0.3) is 0 Å². The Balaban J connectivity index is 3.11. The maximum atomic E-state index is 12.8. The van der Waals surface area contributed by atoms with Crippen LogP contribution in [0.4, 0.5) is 0 Å². The fraction of sp³-hybridized carbons (Fsp3) is 0.545. The third-order valence-corrected chi connectivity index (χ3v) is 5.85. The predicted molar refractivity (Wildman–Crippen MR) is 127 cm³/mol. The van der Waals surface area contributed by atoms with E-state index in [0.29, 0.717) is 21.8 Å². The van der Waals surface area contributed by atoms with Crippen molar-refractivity contribution < 1.29 is 28.7 Å². The van der Waals surface area contributed by atoms with Crippen LogP contribution in [-0.4, -0.2) is 50.1 Å². The molecule has 1 rings (SSSR count). The van der Waals surface area contributed by atoms with E-state index in [4.69, 9.17) is 9.47 Å². The van der Waals surface area contributed by atoms with Gasteiger partial charge in [0.2, 0.25) is 0 Å². The number of hydrogen-bond donors (Lipinski definition) is 2. The van der Waals surface area contributed by atoms with Gasteiger partial charge in [-0.2, -0.15) is 0 Å². The summed E-state index contributed by atoms with van der Waals surface area (Å²) in [5.74, 6) is -1.72. The summed E-state index contributed by atoms with van der Waals surface area (Å²) in [5.41, 5.74) is 0.468. The van der Waals surface area contributed by atoms with Crippen molar-refractivity contribution in [3.63, 3.8) is 0 Å². The molecule has 0 saturated heterocycles. The quantitative estimate of drug-likeness (QED) is 0.409. The Hall–Kier alpha value is -1.94. The van der Waals surface area contributed by atoms with Gasteiger partial charge in [0.05, 0.1) is 25.3 Å². The fourth-order valence-electron chi connectivity index (χ4n) is 3.02. The minimum absolute atomic E-state index is 0.161. The highest BCUT2D eigenvalue weighted by Crippen LogP contribution is 2.27. The van der Waals surface area contributed by atoms with Crippen LogP contribution in [0.15, 0.2) is 21.1 Å². The highest BCUT2D eigenvalue weighted by Gasteiger charge is 2.27. The largest absolute Gasteiger partial charge is 0.467 e. The second-order valence-corrected chi connectivity index (χ2v) is 9.88. The molecule has 1 aromatic carbocycles. The number of methoxy groups -OCH3 is 2. The molecular formula is C22H30Br2N2O6. The van der Waals surface area contributed by atoms with Gasteiger partial charge in [-0.25, -0.2) is 9.59 Å². The van der Waals surface area contributed by atoms with Gasteiger partial charge in [-0.3, -0.25) is 9.59 Å².